The van der Waals surface area contributed by atoms with Crippen LogP contribution in [0.15, 0.2) is 35.2 Å². The van der Waals surface area contributed by atoms with Crippen molar-refractivity contribution in [3.8, 4) is 0 Å². The molecule has 0 aliphatic heterocycles. The van der Waals surface area contributed by atoms with Gasteiger partial charge in [0.15, 0.2) is 11.6 Å². The standard InChI is InChI=1S/C15H19N3O3/c1-3-4-6-11(13(19)14-16-8-9-18(14)2)17-15(20)12-7-5-10-21-12/h5,7-11H,3-4,6H2,1-2H3,(H,17,20). The first-order valence-electron chi connectivity index (χ1n) is 6.99. The first-order valence-corrected chi connectivity index (χ1v) is 6.99. The molecular formula is C15H19N3O3. The molecule has 0 aliphatic rings. The number of imidazole rings is 1. The Morgan fingerprint density at radius 3 is 2.86 bits per heavy atom. The fourth-order valence-corrected chi connectivity index (χ4v) is 2.07. The average Bonchev–Trinajstić information content (AvgIpc) is 3.13. The lowest BCUT2D eigenvalue weighted by Crippen LogP contribution is -2.41. The minimum absolute atomic E-state index is 0.184. The van der Waals surface area contributed by atoms with E-state index in [2.05, 4.69) is 10.3 Å². The summed E-state index contributed by atoms with van der Waals surface area (Å²) < 4.78 is 6.70. The van der Waals surface area contributed by atoms with Crippen LogP contribution >= 0.6 is 0 Å². The van der Waals surface area contributed by atoms with E-state index < -0.39 is 6.04 Å². The lowest BCUT2D eigenvalue weighted by atomic mass is 10.0. The van der Waals surface area contributed by atoms with Gasteiger partial charge in [-0.05, 0) is 18.6 Å². The number of furan rings is 1. The Hall–Kier alpha value is -2.37. The smallest absolute Gasteiger partial charge is 0.287 e. The predicted octanol–water partition coefficient (Wildman–Crippen LogP) is 2.18. The van der Waals surface area contributed by atoms with Gasteiger partial charge in [-0.25, -0.2) is 4.98 Å². The molecule has 0 saturated heterocycles. The highest BCUT2D eigenvalue weighted by Crippen LogP contribution is 2.09. The van der Waals surface area contributed by atoms with Gasteiger partial charge in [0.05, 0.1) is 12.3 Å². The number of rotatable bonds is 7. The summed E-state index contributed by atoms with van der Waals surface area (Å²) in [6, 6.07) is 2.61. The van der Waals surface area contributed by atoms with E-state index in [4.69, 9.17) is 4.42 Å². The van der Waals surface area contributed by atoms with E-state index in [9.17, 15) is 9.59 Å². The summed E-state index contributed by atoms with van der Waals surface area (Å²) in [4.78, 5) is 28.6. The maximum atomic E-state index is 12.5. The van der Waals surface area contributed by atoms with Crippen molar-refractivity contribution in [3.05, 3.63) is 42.4 Å². The molecule has 112 valence electrons. The van der Waals surface area contributed by atoms with E-state index in [1.165, 1.54) is 6.26 Å². The second kappa shape index (κ2) is 6.88. The minimum Gasteiger partial charge on any atom is -0.459 e. The van der Waals surface area contributed by atoms with Gasteiger partial charge in [0.25, 0.3) is 5.91 Å². The van der Waals surface area contributed by atoms with E-state index in [1.807, 2.05) is 6.92 Å². The highest BCUT2D eigenvalue weighted by atomic mass is 16.3. The summed E-state index contributed by atoms with van der Waals surface area (Å²) in [5.41, 5.74) is 0. The Morgan fingerprint density at radius 2 is 2.29 bits per heavy atom. The Kier molecular flexibility index (Phi) is 4.92. The van der Waals surface area contributed by atoms with Crippen LogP contribution in [-0.4, -0.2) is 27.3 Å². The second-order valence-corrected chi connectivity index (χ2v) is 4.87. The van der Waals surface area contributed by atoms with Gasteiger partial charge in [-0.3, -0.25) is 9.59 Å². The lowest BCUT2D eigenvalue weighted by Gasteiger charge is -2.16. The molecule has 2 aromatic rings. The molecule has 21 heavy (non-hydrogen) atoms. The van der Waals surface area contributed by atoms with Gasteiger partial charge in [-0.2, -0.15) is 0 Å². The fourth-order valence-electron chi connectivity index (χ4n) is 2.07. The molecule has 2 heterocycles. The van der Waals surface area contributed by atoms with E-state index in [1.54, 1.807) is 36.1 Å². The summed E-state index contributed by atoms with van der Waals surface area (Å²) in [6.07, 6.45) is 7.07. The number of carbonyl (C=O) groups excluding carboxylic acids is 2. The van der Waals surface area contributed by atoms with Crippen LogP contribution in [0.4, 0.5) is 0 Å². The summed E-state index contributed by atoms with van der Waals surface area (Å²) in [7, 11) is 1.76. The van der Waals surface area contributed by atoms with Gasteiger partial charge in [0.1, 0.15) is 0 Å². The van der Waals surface area contributed by atoms with Crippen LogP contribution < -0.4 is 5.32 Å². The molecule has 6 nitrogen and oxygen atoms in total. The number of amides is 1. The third-order valence-electron chi connectivity index (χ3n) is 3.25. The van der Waals surface area contributed by atoms with Crippen molar-refractivity contribution in [1.82, 2.24) is 14.9 Å². The molecule has 1 unspecified atom stereocenters. The van der Waals surface area contributed by atoms with E-state index in [-0.39, 0.29) is 17.5 Å². The number of ketones is 1. The highest BCUT2D eigenvalue weighted by molar-refractivity contribution is 6.01. The van der Waals surface area contributed by atoms with Crippen LogP contribution in [-0.2, 0) is 7.05 Å². The van der Waals surface area contributed by atoms with Crippen LogP contribution in [0.1, 0.15) is 47.4 Å². The molecule has 1 amide bonds. The van der Waals surface area contributed by atoms with Crippen molar-refractivity contribution in [2.75, 3.05) is 0 Å². The van der Waals surface area contributed by atoms with Crippen LogP contribution in [0, 0.1) is 0 Å². The van der Waals surface area contributed by atoms with Crippen molar-refractivity contribution in [2.45, 2.75) is 32.2 Å². The first kappa shape index (κ1) is 15.0. The number of Topliss-reactive ketones (excluding diaryl/α,β-unsaturated/α-hetero) is 1. The second-order valence-electron chi connectivity index (χ2n) is 4.87. The molecule has 0 saturated carbocycles. The topological polar surface area (TPSA) is 77.1 Å². The maximum absolute atomic E-state index is 12.5. The zero-order chi connectivity index (χ0) is 15.2. The minimum atomic E-state index is -0.594. The van der Waals surface area contributed by atoms with Crippen LogP contribution in [0.2, 0.25) is 0 Å². The molecule has 1 atom stereocenters. The number of aryl methyl sites for hydroxylation is 1. The van der Waals surface area contributed by atoms with Gasteiger partial charge < -0.3 is 14.3 Å². The number of carbonyl (C=O) groups is 2. The quantitative estimate of drug-likeness (QED) is 0.793. The molecule has 0 aliphatic carbocycles. The van der Waals surface area contributed by atoms with E-state index >= 15 is 0 Å². The number of hydrogen-bond acceptors (Lipinski definition) is 4. The Labute approximate surface area is 123 Å². The Balaban J connectivity index is 2.12. The first-order chi connectivity index (χ1) is 10.1. The predicted molar refractivity (Wildman–Crippen MR) is 77.0 cm³/mol. The van der Waals surface area contributed by atoms with Gasteiger partial charge in [0, 0.05) is 19.4 Å². The van der Waals surface area contributed by atoms with Crippen LogP contribution in [0.5, 0.6) is 0 Å². The largest absolute Gasteiger partial charge is 0.459 e. The van der Waals surface area contributed by atoms with E-state index in [0.717, 1.165) is 12.8 Å². The number of nitrogens with one attached hydrogen (secondary N) is 1. The average molecular weight is 289 g/mol. The van der Waals surface area contributed by atoms with Crippen LogP contribution in [0.25, 0.3) is 0 Å². The molecule has 0 bridgehead atoms. The maximum Gasteiger partial charge on any atom is 0.287 e. The monoisotopic (exact) mass is 289 g/mol. The van der Waals surface area contributed by atoms with Crippen molar-refractivity contribution >= 4 is 11.7 Å². The molecule has 2 aromatic heterocycles. The highest BCUT2D eigenvalue weighted by Gasteiger charge is 2.25. The number of nitrogens with zero attached hydrogens (tertiary/aromatic N) is 2. The zero-order valence-corrected chi connectivity index (χ0v) is 12.2. The van der Waals surface area contributed by atoms with Crippen molar-refractivity contribution < 1.29 is 14.0 Å². The molecule has 0 fully saturated rings. The SMILES string of the molecule is CCCCC(NC(=O)c1ccco1)C(=O)c1nccn1C. The summed E-state index contributed by atoms with van der Waals surface area (Å²) in [5, 5.41) is 2.73. The third kappa shape index (κ3) is 3.59. The molecule has 6 heteroatoms. The zero-order valence-electron chi connectivity index (χ0n) is 12.2. The molecule has 0 aromatic carbocycles. The van der Waals surface area contributed by atoms with Gasteiger partial charge in [-0.15, -0.1) is 0 Å². The normalized spacial score (nSPS) is 12.1. The Bertz CT molecular complexity index is 601. The number of aromatic nitrogens is 2. The lowest BCUT2D eigenvalue weighted by molar-refractivity contribution is 0.0829. The molecule has 2 rings (SSSR count). The summed E-state index contributed by atoms with van der Waals surface area (Å²) in [5.74, 6) is -0.0282. The molecule has 0 spiro atoms. The summed E-state index contributed by atoms with van der Waals surface area (Å²) >= 11 is 0. The van der Waals surface area contributed by atoms with Gasteiger partial charge in [0.2, 0.25) is 5.78 Å². The van der Waals surface area contributed by atoms with E-state index in [0.29, 0.717) is 12.2 Å². The van der Waals surface area contributed by atoms with Crippen LogP contribution in [0.3, 0.4) is 0 Å². The molecular weight excluding hydrogens is 270 g/mol. The van der Waals surface area contributed by atoms with Crippen molar-refractivity contribution in [2.24, 2.45) is 7.05 Å². The number of unbranched alkanes of at least 4 members (excludes halogenated alkanes) is 1. The Morgan fingerprint density at radius 1 is 1.48 bits per heavy atom. The fraction of sp³-hybridized carbons (Fsp3) is 0.400. The van der Waals surface area contributed by atoms with Crippen molar-refractivity contribution in [3.63, 3.8) is 0 Å². The summed E-state index contributed by atoms with van der Waals surface area (Å²) in [6.45, 7) is 2.04. The third-order valence-corrected chi connectivity index (χ3v) is 3.25. The van der Waals surface area contributed by atoms with Crippen molar-refractivity contribution in [1.29, 1.82) is 0 Å². The molecule has 1 N–H and O–H groups in total. The van der Waals surface area contributed by atoms with Gasteiger partial charge >= 0.3 is 0 Å². The van der Waals surface area contributed by atoms with Gasteiger partial charge in [-0.1, -0.05) is 19.8 Å². The number of hydrogen-bond donors (Lipinski definition) is 1. The molecule has 0 radical (unpaired) electrons.